The minimum Gasteiger partial charge on any atom is -0.392 e. The average molecular weight is 562 g/mol. The van der Waals surface area contributed by atoms with Gasteiger partial charge < -0.3 is 10.4 Å². The first-order valence-electron chi connectivity index (χ1n) is 13.3. The van der Waals surface area contributed by atoms with E-state index in [2.05, 4.69) is 38.3 Å². The Morgan fingerprint density at radius 2 is 1.95 bits per heavy atom. The van der Waals surface area contributed by atoms with Gasteiger partial charge in [0.1, 0.15) is 22.8 Å². The van der Waals surface area contributed by atoms with Crippen LogP contribution in [0.4, 0.5) is 5.69 Å². The molecule has 1 aliphatic rings. The Morgan fingerprint density at radius 3 is 2.65 bits per heavy atom. The molecule has 2 N–H and O–H groups in total. The number of hydrogen-bond donors (Lipinski definition) is 2. The number of anilines is 1. The number of likely N-dealkylation sites (tertiary alicyclic amines) is 1. The molecule has 1 aromatic carbocycles. The number of rotatable bonds is 7. The number of nitrogens with one attached hydrogen (secondary N) is 1. The van der Waals surface area contributed by atoms with Crippen LogP contribution in [0.1, 0.15) is 37.1 Å². The van der Waals surface area contributed by atoms with Gasteiger partial charge in [-0.3, -0.25) is 18.9 Å². The largest absolute Gasteiger partial charge is 0.392 e. The van der Waals surface area contributed by atoms with Gasteiger partial charge in [-0.15, -0.1) is 5.10 Å². The lowest BCUT2D eigenvalue weighted by molar-refractivity contribution is 0.0489. The van der Waals surface area contributed by atoms with E-state index in [1.807, 2.05) is 37.0 Å². The molecular formula is C28H32ClN9O2. The fraction of sp³-hybridized carbons (Fsp3) is 0.393. The van der Waals surface area contributed by atoms with Crippen molar-refractivity contribution < 1.29 is 5.11 Å². The van der Waals surface area contributed by atoms with Crippen molar-refractivity contribution in [3.63, 3.8) is 0 Å². The first kappa shape index (κ1) is 26.4. The number of hydrogen-bond acceptors (Lipinski definition) is 8. The van der Waals surface area contributed by atoms with E-state index in [1.165, 1.54) is 0 Å². The zero-order chi connectivity index (χ0) is 28.3. The second kappa shape index (κ2) is 9.99. The highest BCUT2D eigenvalue weighted by atomic mass is 35.5. The van der Waals surface area contributed by atoms with Crippen molar-refractivity contribution in [2.75, 3.05) is 25.0 Å². The van der Waals surface area contributed by atoms with Crippen LogP contribution in [0.5, 0.6) is 0 Å². The van der Waals surface area contributed by atoms with E-state index in [9.17, 15) is 9.90 Å². The van der Waals surface area contributed by atoms with Crippen LogP contribution >= 0.6 is 11.6 Å². The molecule has 1 unspecified atom stereocenters. The second-order valence-corrected chi connectivity index (χ2v) is 11.2. The third kappa shape index (κ3) is 4.53. The van der Waals surface area contributed by atoms with Crippen molar-refractivity contribution in [3.05, 3.63) is 63.4 Å². The van der Waals surface area contributed by atoms with Gasteiger partial charge in [-0.2, -0.15) is 5.10 Å². The summed E-state index contributed by atoms with van der Waals surface area (Å²) < 4.78 is 5.29. The first-order chi connectivity index (χ1) is 19.1. The minimum atomic E-state index is -0.381. The topological polar surface area (TPSA) is 119 Å². The van der Waals surface area contributed by atoms with Crippen LogP contribution in [-0.2, 0) is 14.1 Å². The first-order valence-corrected chi connectivity index (χ1v) is 13.7. The Bertz CT molecular complexity index is 1800. The molecule has 0 bridgehead atoms. The Hall–Kier alpha value is -3.80. The Balaban J connectivity index is 1.45. The number of fused-ring (bicyclic) bond motifs is 3. The average Bonchev–Trinajstić information content (AvgIpc) is 3.51. The van der Waals surface area contributed by atoms with Crippen LogP contribution in [0.3, 0.4) is 0 Å². The number of β-amino-alcohol motifs (C(OH)–C–C–N with tert-alkyl or cyclic N) is 1. The van der Waals surface area contributed by atoms with Crippen molar-refractivity contribution in [1.82, 2.24) is 39.0 Å². The van der Waals surface area contributed by atoms with E-state index in [1.54, 1.807) is 35.6 Å². The van der Waals surface area contributed by atoms with Gasteiger partial charge in [0.05, 0.1) is 24.0 Å². The van der Waals surface area contributed by atoms with E-state index in [4.69, 9.17) is 16.7 Å². The summed E-state index contributed by atoms with van der Waals surface area (Å²) in [6.07, 6.45) is 3.11. The van der Waals surface area contributed by atoms with Gasteiger partial charge in [0.2, 0.25) is 5.82 Å². The fourth-order valence-corrected chi connectivity index (χ4v) is 5.88. The molecule has 1 aliphatic heterocycles. The number of benzene rings is 1. The maximum absolute atomic E-state index is 13.7. The molecule has 1 fully saturated rings. The molecule has 40 heavy (non-hydrogen) atoms. The number of aliphatic hydroxyl groups excluding tert-OH is 1. The van der Waals surface area contributed by atoms with Gasteiger partial charge in [-0.05, 0) is 50.1 Å². The number of pyridine rings is 2. The molecule has 0 amide bonds. The second-order valence-electron chi connectivity index (χ2n) is 10.8. The summed E-state index contributed by atoms with van der Waals surface area (Å²) in [5.41, 5.74) is 4.00. The van der Waals surface area contributed by atoms with Crippen molar-refractivity contribution in [1.29, 1.82) is 0 Å². The maximum Gasteiger partial charge on any atom is 0.259 e. The Labute approximate surface area is 236 Å². The standard InChI is InChI=1S/C28H32ClN9O2/c1-15-8-19(17(3)32-22-6-7-23(29)33-25(22)26-30-14-35(4)34-26)24-20(9-15)28(40)36(5)27-21(24)10-31-38(27)18-12-37(13-18)11-16(2)39/h6-10,14,16-18,32,39H,11-13H2,1-5H3/t16-,17?/m0/s1. The predicted molar refractivity (Wildman–Crippen MR) is 156 cm³/mol. The summed E-state index contributed by atoms with van der Waals surface area (Å²) in [5, 5.41) is 25.3. The molecule has 5 aromatic rings. The molecule has 6 rings (SSSR count). The normalized spacial score (nSPS) is 16.0. The van der Waals surface area contributed by atoms with Crippen LogP contribution in [0, 0.1) is 6.92 Å². The molecule has 5 heterocycles. The fourth-order valence-electron chi connectivity index (χ4n) is 5.74. The summed E-state index contributed by atoms with van der Waals surface area (Å²) in [5.74, 6) is 0.469. The lowest BCUT2D eigenvalue weighted by Crippen LogP contribution is -2.50. The van der Waals surface area contributed by atoms with Gasteiger partial charge in [0, 0.05) is 55.9 Å². The molecule has 0 radical (unpaired) electrons. The minimum absolute atomic E-state index is 0.0619. The van der Waals surface area contributed by atoms with E-state index in [-0.39, 0.29) is 23.7 Å². The zero-order valence-electron chi connectivity index (χ0n) is 23.1. The highest BCUT2D eigenvalue weighted by molar-refractivity contribution is 6.29. The molecule has 11 nitrogen and oxygen atoms in total. The number of halogens is 1. The van der Waals surface area contributed by atoms with Crippen LogP contribution < -0.4 is 10.9 Å². The van der Waals surface area contributed by atoms with Crippen LogP contribution in [0.15, 0.2) is 41.6 Å². The number of aromatic nitrogens is 7. The number of aliphatic hydroxyl groups is 1. The van der Waals surface area contributed by atoms with Crippen molar-refractivity contribution in [2.45, 2.75) is 39.0 Å². The lowest BCUT2D eigenvalue weighted by Gasteiger charge is -2.40. The molecule has 1 saturated heterocycles. The zero-order valence-corrected chi connectivity index (χ0v) is 23.9. The smallest absolute Gasteiger partial charge is 0.259 e. The quantitative estimate of drug-likeness (QED) is 0.290. The van der Waals surface area contributed by atoms with Gasteiger partial charge >= 0.3 is 0 Å². The van der Waals surface area contributed by atoms with E-state index >= 15 is 0 Å². The number of aryl methyl sites for hydroxylation is 3. The highest BCUT2D eigenvalue weighted by Crippen LogP contribution is 2.35. The highest BCUT2D eigenvalue weighted by Gasteiger charge is 2.32. The van der Waals surface area contributed by atoms with Crippen molar-refractivity contribution in [2.24, 2.45) is 14.1 Å². The predicted octanol–water partition coefficient (Wildman–Crippen LogP) is 3.45. The summed E-state index contributed by atoms with van der Waals surface area (Å²) in [4.78, 5) is 24.8. The summed E-state index contributed by atoms with van der Waals surface area (Å²) in [6, 6.07) is 7.61. The van der Waals surface area contributed by atoms with E-state index < -0.39 is 0 Å². The van der Waals surface area contributed by atoms with Crippen LogP contribution in [0.25, 0.3) is 33.3 Å². The molecule has 0 aliphatic carbocycles. The molecular weight excluding hydrogens is 530 g/mol. The van der Waals surface area contributed by atoms with Gasteiger partial charge in [0.15, 0.2) is 0 Å². The van der Waals surface area contributed by atoms with E-state index in [0.29, 0.717) is 28.6 Å². The Kier molecular flexibility index (Phi) is 6.60. The molecule has 2 atom stereocenters. The Morgan fingerprint density at radius 1 is 1.18 bits per heavy atom. The molecule has 4 aromatic heterocycles. The van der Waals surface area contributed by atoms with Crippen LogP contribution in [0.2, 0.25) is 5.15 Å². The molecule has 12 heteroatoms. The SMILES string of the molecule is Cc1cc(C(C)Nc2ccc(Cl)nc2-c2ncn(C)n2)c2c(c1)c(=O)n(C)c1c2cnn1C1CN(C[C@H](C)O)C1. The molecule has 208 valence electrons. The molecule has 0 spiro atoms. The third-order valence-electron chi connectivity index (χ3n) is 7.52. The lowest BCUT2D eigenvalue weighted by atomic mass is 9.95. The van der Waals surface area contributed by atoms with Crippen molar-refractivity contribution >= 4 is 39.1 Å². The maximum atomic E-state index is 13.7. The van der Waals surface area contributed by atoms with Gasteiger partial charge in [-0.25, -0.2) is 14.6 Å². The van der Waals surface area contributed by atoms with E-state index in [0.717, 1.165) is 46.3 Å². The molecule has 0 saturated carbocycles. The summed E-state index contributed by atoms with van der Waals surface area (Å²) >= 11 is 6.24. The van der Waals surface area contributed by atoms with Gasteiger partial charge in [0.25, 0.3) is 5.56 Å². The number of nitrogens with zero attached hydrogens (tertiary/aromatic N) is 8. The summed E-state index contributed by atoms with van der Waals surface area (Å²) in [7, 11) is 3.61. The monoisotopic (exact) mass is 561 g/mol. The van der Waals surface area contributed by atoms with Crippen LogP contribution in [-0.4, -0.2) is 69.8 Å². The summed E-state index contributed by atoms with van der Waals surface area (Å²) in [6.45, 7) is 8.04. The van der Waals surface area contributed by atoms with Crippen molar-refractivity contribution in [3.8, 4) is 11.5 Å². The third-order valence-corrected chi connectivity index (χ3v) is 7.73. The van der Waals surface area contributed by atoms with Gasteiger partial charge in [-0.1, -0.05) is 17.7 Å².